The van der Waals surface area contributed by atoms with Gasteiger partial charge in [-0.05, 0) is 18.4 Å². The maximum absolute atomic E-state index is 12.2. The van der Waals surface area contributed by atoms with Crippen molar-refractivity contribution in [3.63, 3.8) is 0 Å². The van der Waals surface area contributed by atoms with Crippen LogP contribution < -0.4 is 14.8 Å². The lowest BCUT2D eigenvalue weighted by Gasteiger charge is -2.06. The largest absolute Gasteiger partial charge is 0.454 e. The Balaban J connectivity index is 1.86. The Bertz CT molecular complexity index is 696. The number of thiophene rings is 1. The van der Waals surface area contributed by atoms with E-state index < -0.39 is 0 Å². The van der Waals surface area contributed by atoms with E-state index in [9.17, 15) is 4.79 Å². The molecule has 1 aromatic heterocycles. The van der Waals surface area contributed by atoms with Gasteiger partial charge >= 0.3 is 0 Å². The van der Waals surface area contributed by atoms with Gasteiger partial charge in [0.25, 0.3) is 5.91 Å². The van der Waals surface area contributed by atoms with Gasteiger partial charge in [-0.1, -0.05) is 25.4 Å². The molecule has 1 aromatic carbocycles. The van der Waals surface area contributed by atoms with Crippen molar-refractivity contribution in [3.05, 3.63) is 22.0 Å². The molecule has 2 heterocycles. The van der Waals surface area contributed by atoms with Crippen LogP contribution in [-0.2, 0) is 0 Å². The van der Waals surface area contributed by atoms with Crippen molar-refractivity contribution in [2.45, 2.75) is 20.3 Å². The van der Waals surface area contributed by atoms with Crippen LogP contribution in [0.15, 0.2) is 12.1 Å². The average molecular weight is 326 g/mol. The van der Waals surface area contributed by atoms with Crippen molar-refractivity contribution < 1.29 is 14.3 Å². The SMILES string of the molecule is CC(C)CCNC(=O)c1sc2cc3c(cc2c1Cl)OCO3. The van der Waals surface area contributed by atoms with E-state index in [1.54, 1.807) is 0 Å². The topological polar surface area (TPSA) is 47.6 Å². The van der Waals surface area contributed by atoms with Gasteiger partial charge in [0.05, 0.1) is 5.02 Å². The zero-order valence-electron chi connectivity index (χ0n) is 11.9. The van der Waals surface area contributed by atoms with Gasteiger partial charge in [0.15, 0.2) is 11.5 Å². The van der Waals surface area contributed by atoms with Crippen LogP contribution in [0.3, 0.4) is 0 Å². The van der Waals surface area contributed by atoms with E-state index in [2.05, 4.69) is 19.2 Å². The van der Waals surface area contributed by atoms with E-state index in [0.29, 0.717) is 33.9 Å². The third-order valence-electron chi connectivity index (χ3n) is 3.34. The molecule has 2 aromatic rings. The Hall–Kier alpha value is -1.46. The molecule has 0 unspecified atom stereocenters. The summed E-state index contributed by atoms with van der Waals surface area (Å²) in [6.07, 6.45) is 0.949. The number of hydrogen-bond acceptors (Lipinski definition) is 4. The summed E-state index contributed by atoms with van der Waals surface area (Å²) in [5, 5.41) is 4.23. The van der Waals surface area contributed by atoms with Crippen LogP contribution >= 0.6 is 22.9 Å². The summed E-state index contributed by atoms with van der Waals surface area (Å²) in [7, 11) is 0. The molecule has 0 aliphatic carbocycles. The van der Waals surface area contributed by atoms with E-state index in [-0.39, 0.29) is 12.7 Å². The van der Waals surface area contributed by atoms with Crippen LogP contribution in [0.1, 0.15) is 29.9 Å². The van der Waals surface area contributed by atoms with Crippen LogP contribution in [0.4, 0.5) is 0 Å². The van der Waals surface area contributed by atoms with Crippen molar-refractivity contribution >= 4 is 38.9 Å². The summed E-state index contributed by atoms with van der Waals surface area (Å²) < 4.78 is 11.6. The fourth-order valence-corrected chi connectivity index (χ4v) is 3.59. The molecular weight excluding hydrogens is 310 g/mol. The molecule has 1 aliphatic rings. The molecule has 6 heteroatoms. The van der Waals surface area contributed by atoms with Crippen LogP contribution in [0.25, 0.3) is 10.1 Å². The van der Waals surface area contributed by atoms with Crippen molar-refractivity contribution in [1.82, 2.24) is 5.32 Å². The molecule has 0 radical (unpaired) electrons. The van der Waals surface area contributed by atoms with Crippen LogP contribution in [-0.4, -0.2) is 19.2 Å². The normalized spacial score (nSPS) is 13.1. The lowest BCUT2D eigenvalue weighted by Crippen LogP contribution is -2.24. The fourth-order valence-electron chi connectivity index (χ4n) is 2.16. The minimum atomic E-state index is -0.121. The van der Waals surface area contributed by atoms with Crippen molar-refractivity contribution in [3.8, 4) is 11.5 Å². The number of amides is 1. The molecule has 3 rings (SSSR count). The standard InChI is InChI=1S/C15H16ClNO3S/c1-8(2)3-4-17-15(18)14-13(16)9-5-10-11(20-7-19-10)6-12(9)21-14/h5-6,8H,3-4,7H2,1-2H3,(H,17,18). The molecule has 1 aliphatic heterocycles. The molecule has 0 saturated heterocycles. The minimum Gasteiger partial charge on any atom is -0.454 e. The average Bonchev–Trinajstić information content (AvgIpc) is 3.01. The van der Waals surface area contributed by atoms with E-state index in [4.69, 9.17) is 21.1 Å². The van der Waals surface area contributed by atoms with E-state index >= 15 is 0 Å². The lowest BCUT2D eigenvalue weighted by atomic mass is 10.1. The highest BCUT2D eigenvalue weighted by molar-refractivity contribution is 7.21. The highest BCUT2D eigenvalue weighted by Gasteiger charge is 2.21. The first kappa shape index (κ1) is 14.5. The second-order valence-corrected chi connectivity index (χ2v) is 6.82. The molecule has 21 heavy (non-hydrogen) atoms. The molecule has 0 bridgehead atoms. The molecule has 0 atom stereocenters. The molecule has 4 nitrogen and oxygen atoms in total. The number of carbonyl (C=O) groups excluding carboxylic acids is 1. The number of ether oxygens (including phenoxy) is 2. The number of hydrogen-bond donors (Lipinski definition) is 1. The predicted molar refractivity (Wildman–Crippen MR) is 84.7 cm³/mol. The number of fused-ring (bicyclic) bond motifs is 2. The van der Waals surface area contributed by atoms with Crippen molar-refractivity contribution in [2.24, 2.45) is 5.92 Å². The van der Waals surface area contributed by atoms with Gasteiger partial charge in [-0.3, -0.25) is 4.79 Å². The van der Waals surface area contributed by atoms with Crippen LogP contribution in [0.5, 0.6) is 11.5 Å². The zero-order valence-corrected chi connectivity index (χ0v) is 13.4. The van der Waals surface area contributed by atoms with Crippen LogP contribution in [0, 0.1) is 5.92 Å². The third-order valence-corrected chi connectivity index (χ3v) is 4.99. The Labute approximate surface area is 132 Å². The van der Waals surface area contributed by atoms with Crippen LogP contribution in [0.2, 0.25) is 5.02 Å². The number of nitrogens with one attached hydrogen (secondary N) is 1. The summed E-state index contributed by atoms with van der Waals surface area (Å²) in [4.78, 5) is 12.8. The van der Waals surface area contributed by atoms with E-state index in [0.717, 1.165) is 16.5 Å². The maximum Gasteiger partial charge on any atom is 0.262 e. The van der Waals surface area contributed by atoms with E-state index in [1.807, 2.05) is 12.1 Å². The number of halogens is 1. The summed E-state index contributed by atoms with van der Waals surface area (Å²) >= 11 is 7.73. The number of benzene rings is 1. The zero-order chi connectivity index (χ0) is 15.0. The maximum atomic E-state index is 12.2. The smallest absolute Gasteiger partial charge is 0.262 e. The predicted octanol–water partition coefficient (Wildman–Crippen LogP) is 4.06. The van der Waals surface area contributed by atoms with E-state index in [1.165, 1.54) is 11.3 Å². The minimum absolute atomic E-state index is 0.121. The van der Waals surface area contributed by atoms with Crippen molar-refractivity contribution in [1.29, 1.82) is 0 Å². The monoisotopic (exact) mass is 325 g/mol. The molecule has 0 spiro atoms. The number of rotatable bonds is 4. The Morgan fingerprint density at radius 2 is 2.10 bits per heavy atom. The van der Waals surface area contributed by atoms with Gasteiger partial charge in [-0.15, -0.1) is 11.3 Å². The van der Waals surface area contributed by atoms with Gasteiger partial charge in [0, 0.05) is 22.7 Å². The number of carbonyl (C=O) groups is 1. The second kappa shape index (κ2) is 5.73. The summed E-state index contributed by atoms with van der Waals surface area (Å²) in [6, 6.07) is 3.71. The molecular formula is C15H16ClNO3S. The summed E-state index contributed by atoms with van der Waals surface area (Å²) in [6.45, 7) is 5.14. The van der Waals surface area contributed by atoms with Gasteiger partial charge in [-0.2, -0.15) is 0 Å². The first-order valence-corrected chi connectivity index (χ1v) is 8.05. The Morgan fingerprint density at radius 1 is 1.38 bits per heavy atom. The highest BCUT2D eigenvalue weighted by atomic mass is 35.5. The quantitative estimate of drug-likeness (QED) is 0.922. The summed E-state index contributed by atoms with van der Waals surface area (Å²) in [5.74, 6) is 1.81. The highest BCUT2D eigenvalue weighted by Crippen LogP contribution is 2.43. The molecule has 0 fully saturated rings. The van der Waals surface area contributed by atoms with Gasteiger partial charge in [-0.25, -0.2) is 0 Å². The second-order valence-electron chi connectivity index (χ2n) is 5.39. The van der Waals surface area contributed by atoms with Gasteiger partial charge in [0.2, 0.25) is 6.79 Å². The molecule has 112 valence electrons. The molecule has 0 saturated carbocycles. The fraction of sp³-hybridized carbons (Fsp3) is 0.400. The first-order valence-electron chi connectivity index (χ1n) is 6.86. The Kier molecular flexibility index (Phi) is 3.95. The third kappa shape index (κ3) is 2.80. The Morgan fingerprint density at radius 3 is 2.81 bits per heavy atom. The van der Waals surface area contributed by atoms with Crippen molar-refractivity contribution in [2.75, 3.05) is 13.3 Å². The molecule has 1 amide bonds. The molecule has 1 N–H and O–H groups in total. The lowest BCUT2D eigenvalue weighted by molar-refractivity contribution is 0.0956. The summed E-state index contributed by atoms with van der Waals surface area (Å²) in [5.41, 5.74) is 0. The van der Waals surface area contributed by atoms with Gasteiger partial charge in [0.1, 0.15) is 4.88 Å². The van der Waals surface area contributed by atoms with Gasteiger partial charge < -0.3 is 14.8 Å². The first-order chi connectivity index (χ1) is 10.1.